The number of amides is 1. The molecule has 6 heteroatoms. The van der Waals surface area contributed by atoms with Crippen LogP contribution in [0.1, 0.15) is 36.7 Å². The van der Waals surface area contributed by atoms with E-state index in [1.807, 2.05) is 0 Å². The number of carboxylic acid groups (broad SMARTS) is 1. The lowest BCUT2D eigenvalue weighted by molar-refractivity contribution is 0.0634. The molecule has 0 saturated heterocycles. The topological polar surface area (TPSA) is 75.6 Å². The van der Waals surface area contributed by atoms with Crippen molar-refractivity contribution in [3.8, 4) is 0 Å². The molecule has 0 aliphatic heterocycles. The van der Waals surface area contributed by atoms with Crippen LogP contribution in [0.25, 0.3) is 0 Å². The van der Waals surface area contributed by atoms with Crippen LogP contribution in [-0.4, -0.2) is 22.8 Å². The van der Waals surface area contributed by atoms with Crippen molar-refractivity contribution < 1.29 is 19.4 Å². The molecule has 0 fully saturated rings. The van der Waals surface area contributed by atoms with E-state index in [0.717, 1.165) is 0 Å². The first-order chi connectivity index (χ1) is 8.60. The lowest BCUT2D eigenvalue weighted by Crippen LogP contribution is -2.27. The predicted molar refractivity (Wildman–Crippen MR) is 75.7 cm³/mol. The first-order valence-electron chi connectivity index (χ1n) is 5.63. The quantitative estimate of drug-likeness (QED) is 0.865. The molecule has 0 spiro atoms. The third-order valence-electron chi connectivity index (χ3n) is 2.18. The van der Waals surface area contributed by atoms with Crippen LogP contribution in [-0.2, 0) is 4.74 Å². The van der Waals surface area contributed by atoms with Gasteiger partial charge in [-0.25, -0.2) is 9.59 Å². The Kier molecular flexibility index (Phi) is 4.57. The summed E-state index contributed by atoms with van der Waals surface area (Å²) in [6.07, 6.45) is -0.587. The zero-order chi connectivity index (χ0) is 14.8. The van der Waals surface area contributed by atoms with E-state index in [-0.39, 0.29) is 5.56 Å². The van der Waals surface area contributed by atoms with E-state index in [1.54, 1.807) is 33.8 Å². The van der Waals surface area contributed by atoms with Crippen LogP contribution >= 0.6 is 15.9 Å². The van der Waals surface area contributed by atoms with Crippen molar-refractivity contribution >= 4 is 33.7 Å². The molecule has 0 unspecified atom stereocenters. The van der Waals surface area contributed by atoms with E-state index in [9.17, 15) is 9.59 Å². The van der Waals surface area contributed by atoms with E-state index in [4.69, 9.17) is 9.84 Å². The molecule has 0 aliphatic rings. The number of anilines is 1. The number of carboxylic acids is 1. The number of carbonyl (C=O) groups is 2. The Balaban J connectivity index is 2.95. The molecule has 0 radical (unpaired) electrons. The second-order valence-electron chi connectivity index (χ2n) is 5.08. The molecular formula is C13H16BrNO4. The highest BCUT2D eigenvalue weighted by Crippen LogP contribution is 2.27. The number of aryl methyl sites for hydroxylation is 1. The third-order valence-corrected chi connectivity index (χ3v) is 2.84. The number of nitrogens with one attached hydrogen (secondary N) is 1. The number of halogens is 1. The van der Waals surface area contributed by atoms with Gasteiger partial charge in [-0.15, -0.1) is 0 Å². The van der Waals surface area contributed by atoms with Crippen LogP contribution in [0.4, 0.5) is 10.5 Å². The van der Waals surface area contributed by atoms with Gasteiger partial charge in [0.25, 0.3) is 0 Å². The van der Waals surface area contributed by atoms with Crippen molar-refractivity contribution in [2.24, 2.45) is 0 Å². The van der Waals surface area contributed by atoms with Gasteiger partial charge in [0, 0.05) is 4.47 Å². The lowest BCUT2D eigenvalue weighted by atomic mass is 10.1. The van der Waals surface area contributed by atoms with E-state index < -0.39 is 17.7 Å². The molecule has 0 aliphatic carbocycles. The molecule has 0 bridgehead atoms. The van der Waals surface area contributed by atoms with Crippen LogP contribution < -0.4 is 5.32 Å². The van der Waals surface area contributed by atoms with E-state index in [2.05, 4.69) is 21.2 Å². The number of hydrogen-bond donors (Lipinski definition) is 2. The number of hydrogen-bond acceptors (Lipinski definition) is 3. The highest BCUT2D eigenvalue weighted by molar-refractivity contribution is 9.10. The van der Waals surface area contributed by atoms with Gasteiger partial charge in [-0.1, -0.05) is 0 Å². The Morgan fingerprint density at radius 2 is 1.89 bits per heavy atom. The molecule has 1 aromatic rings. The molecule has 0 aromatic heterocycles. The molecule has 104 valence electrons. The third kappa shape index (κ3) is 4.55. The molecule has 19 heavy (non-hydrogen) atoms. The summed E-state index contributed by atoms with van der Waals surface area (Å²) in [6, 6.07) is 3.03. The van der Waals surface area contributed by atoms with Gasteiger partial charge in [0.05, 0.1) is 11.3 Å². The second-order valence-corrected chi connectivity index (χ2v) is 5.93. The van der Waals surface area contributed by atoms with Crippen LogP contribution in [0.5, 0.6) is 0 Å². The van der Waals surface area contributed by atoms with Gasteiger partial charge >= 0.3 is 12.1 Å². The summed E-state index contributed by atoms with van der Waals surface area (Å²) in [5.74, 6) is -1.01. The molecule has 0 atom stereocenters. The summed E-state index contributed by atoms with van der Waals surface area (Å²) in [4.78, 5) is 22.6. The van der Waals surface area contributed by atoms with Gasteiger partial charge in [0.15, 0.2) is 0 Å². The fraction of sp³-hybridized carbons (Fsp3) is 0.385. The van der Waals surface area contributed by atoms with Gasteiger partial charge in [-0.05, 0) is 61.3 Å². The average molecular weight is 330 g/mol. The van der Waals surface area contributed by atoms with E-state index >= 15 is 0 Å². The average Bonchev–Trinajstić information content (AvgIpc) is 2.19. The fourth-order valence-electron chi connectivity index (χ4n) is 1.42. The van der Waals surface area contributed by atoms with Crippen molar-refractivity contribution in [2.45, 2.75) is 33.3 Å². The summed E-state index contributed by atoms with van der Waals surface area (Å²) < 4.78 is 5.61. The van der Waals surface area contributed by atoms with Gasteiger partial charge in [-0.3, -0.25) is 5.32 Å². The normalized spacial score (nSPS) is 11.0. The van der Waals surface area contributed by atoms with E-state index in [0.29, 0.717) is 15.7 Å². The highest BCUT2D eigenvalue weighted by atomic mass is 79.9. The van der Waals surface area contributed by atoms with Crippen LogP contribution in [0.3, 0.4) is 0 Å². The molecule has 0 saturated carbocycles. The Hall–Kier alpha value is -1.56. The maximum atomic E-state index is 11.6. The van der Waals surface area contributed by atoms with E-state index in [1.165, 1.54) is 6.07 Å². The predicted octanol–water partition coefficient (Wildman–Crippen LogP) is 3.80. The second kappa shape index (κ2) is 5.61. The van der Waals surface area contributed by atoms with Crippen molar-refractivity contribution in [2.75, 3.05) is 5.32 Å². The molecule has 5 nitrogen and oxygen atoms in total. The van der Waals surface area contributed by atoms with Crippen LogP contribution in [0.2, 0.25) is 0 Å². The summed E-state index contributed by atoms with van der Waals surface area (Å²) >= 11 is 3.22. The SMILES string of the molecule is Cc1cc(NC(=O)OC(C)(C)C)c(Br)cc1C(=O)O. The monoisotopic (exact) mass is 329 g/mol. The largest absolute Gasteiger partial charge is 0.478 e. The minimum absolute atomic E-state index is 0.182. The molecular weight excluding hydrogens is 314 g/mol. The fourth-order valence-corrected chi connectivity index (χ4v) is 1.86. The Labute approximate surface area is 120 Å². The Morgan fingerprint density at radius 1 is 1.32 bits per heavy atom. The lowest BCUT2D eigenvalue weighted by Gasteiger charge is -2.20. The van der Waals surface area contributed by atoms with Gasteiger partial charge < -0.3 is 9.84 Å². The number of rotatable bonds is 2. The van der Waals surface area contributed by atoms with Crippen LogP contribution in [0, 0.1) is 6.92 Å². The van der Waals surface area contributed by atoms with Gasteiger partial charge in [-0.2, -0.15) is 0 Å². The number of benzene rings is 1. The summed E-state index contributed by atoms with van der Waals surface area (Å²) in [7, 11) is 0. The first kappa shape index (κ1) is 15.5. The molecule has 1 aromatic carbocycles. The van der Waals surface area contributed by atoms with Crippen molar-refractivity contribution in [1.29, 1.82) is 0 Å². The Bertz CT molecular complexity index is 520. The van der Waals surface area contributed by atoms with Crippen molar-refractivity contribution in [3.05, 3.63) is 27.7 Å². The molecule has 2 N–H and O–H groups in total. The summed E-state index contributed by atoms with van der Waals surface area (Å²) in [6.45, 7) is 6.96. The minimum Gasteiger partial charge on any atom is -0.478 e. The standard InChI is InChI=1S/C13H16BrNO4/c1-7-5-10(9(14)6-8(7)11(16)17)15-12(18)19-13(2,3)4/h5-6H,1-4H3,(H,15,18)(H,16,17). The van der Waals surface area contributed by atoms with Crippen molar-refractivity contribution in [3.63, 3.8) is 0 Å². The number of aromatic carboxylic acids is 1. The Morgan fingerprint density at radius 3 is 2.37 bits per heavy atom. The molecule has 0 heterocycles. The smallest absolute Gasteiger partial charge is 0.412 e. The van der Waals surface area contributed by atoms with Gasteiger partial charge in [0.1, 0.15) is 5.60 Å². The number of ether oxygens (including phenoxy) is 1. The van der Waals surface area contributed by atoms with Crippen molar-refractivity contribution in [1.82, 2.24) is 0 Å². The maximum Gasteiger partial charge on any atom is 0.412 e. The highest BCUT2D eigenvalue weighted by Gasteiger charge is 2.18. The minimum atomic E-state index is -1.01. The van der Waals surface area contributed by atoms with Crippen LogP contribution in [0.15, 0.2) is 16.6 Å². The summed E-state index contributed by atoms with van der Waals surface area (Å²) in [5.41, 5.74) is 0.618. The zero-order valence-corrected chi connectivity index (χ0v) is 12.8. The first-order valence-corrected chi connectivity index (χ1v) is 6.43. The zero-order valence-electron chi connectivity index (χ0n) is 11.2. The molecule has 1 rings (SSSR count). The molecule has 1 amide bonds. The summed E-state index contributed by atoms with van der Waals surface area (Å²) in [5, 5.41) is 11.6. The number of carbonyl (C=O) groups excluding carboxylic acids is 1. The van der Waals surface area contributed by atoms with Gasteiger partial charge in [0.2, 0.25) is 0 Å². The maximum absolute atomic E-state index is 11.6.